The number of aliphatic hydroxyl groups is 2. The minimum atomic E-state index is -0.249. The molecule has 204 valence electrons. The van der Waals surface area contributed by atoms with Gasteiger partial charge in [0.25, 0.3) is 0 Å². The quantitative estimate of drug-likeness (QED) is 0.303. The summed E-state index contributed by atoms with van der Waals surface area (Å²) in [4.78, 5) is 4.31. The Labute approximate surface area is 220 Å². The minimum Gasteiger partial charge on any atom is -0.862 e. The van der Waals surface area contributed by atoms with E-state index >= 15 is 0 Å². The van der Waals surface area contributed by atoms with Crippen molar-refractivity contribution in [2.75, 3.05) is 34.2 Å². The average molecular weight is 513 g/mol. The van der Waals surface area contributed by atoms with Crippen molar-refractivity contribution in [2.45, 2.75) is 97.2 Å². The first-order chi connectivity index (χ1) is 15.9. The number of halogens is 1. The maximum absolute atomic E-state index is 12.4. The van der Waals surface area contributed by atoms with E-state index in [0.717, 1.165) is 43.1 Å². The summed E-state index contributed by atoms with van der Waals surface area (Å²) < 4.78 is 0.829. The van der Waals surface area contributed by atoms with Crippen LogP contribution in [0, 0.1) is 46.3 Å². The van der Waals surface area contributed by atoms with Gasteiger partial charge in [0.1, 0.15) is 0 Å². The van der Waals surface area contributed by atoms with E-state index in [1.54, 1.807) is 0 Å². The van der Waals surface area contributed by atoms with Gasteiger partial charge in [-0.2, -0.15) is 0 Å². The molecule has 0 heterocycles. The molecule has 35 heavy (non-hydrogen) atoms. The molecule has 4 saturated carbocycles. The summed E-state index contributed by atoms with van der Waals surface area (Å²) >= 11 is 0. The van der Waals surface area contributed by atoms with Crippen LogP contribution in [0.25, 0.3) is 0 Å². The van der Waals surface area contributed by atoms with E-state index in [-0.39, 0.29) is 41.3 Å². The van der Waals surface area contributed by atoms with E-state index in [0.29, 0.717) is 48.5 Å². The molecule has 5 nitrogen and oxygen atoms in total. The molecule has 0 amide bonds. The van der Waals surface area contributed by atoms with Crippen LogP contribution in [0.15, 0.2) is 4.99 Å². The Kier molecular flexibility index (Phi) is 9.00. The van der Waals surface area contributed by atoms with Crippen LogP contribution in [0.5, 0.6) is 0 Å². The van der Waals surface area contributed by atoms with Gasteiger partial charge in [0.2, 0.25) is 0 Å². The number of aliphatic hydroxyl groups excluding tert-OH is 2. The van der Waals surface area contributed by atoms with Crippen LogP contribution in [0.1, 0.15) is 85.0 Å². The normalized spacial score (nSPS) is 44.6. The molecule has 0 aromatic rings. The molecule has 10 atom stereocenters. The Hall–Kier alpha value is -0.360. The summed E-state index contributed by atoms with van der Waals surface area (Å²) in [6, 6.07) is 0. The zero-order valence-corrected chi connectivity index (χ0v) is 24.0. The van der Waals surface area contributed by atoms with Crippen molar-refractivity contribution in [3.63, 3.8) is 0 Å². The van der Waals surface area contributed by atoms with E-state index in [1.807, 2.05) is 0 Å². The number of likely N-dealkylation sites (N-methyl/N-ethyl adjacent to an activating group) is 1. The maximum atomic E-state index is 12.4. The summed E-state index contributed by atoms with van der Waals surface area (Å²) in [7, 11) is 6.39. The number of fused-ring (bicyclic) bond motifs is 5. The van der Waals surface area contributed by atoms with Gasteiger partial charge in [0.05, 0.1) is 46.4 Å². The average Bonchev–Trinajstić information content (AvgIpc) is 3.11. The van der Waals surface area contributed by atoms with Crippen LogP contribution < -0.4 is 5.11 Å². The summed E-state index contributed by atoms with van der Waals surface area (Å²) in [6.07, 6.45) is 9.96. The van der Waals surface area contributed by atoms with Gasteiger partial charge in [-0.15, -0.1) is 12.4 Å². The molecule has 0 unspecified atom stereocenters. The van der Waals surface area contributed by atoms with Crippen LogP contribution in [0.3, 0.4) is 0 Å². The third-order valence-corrected chi connectivity index (χ3v) is 11.4. The molecule has 6 heteroatoms. The molecule has 0 aliphatic heterocycles. The standard InChI is InChI=1S/C29H52N2O3.ClH/c1-19(7-12-27(34)30-15-16-31(4,5)6)23-10-11-24-22-9-8-20-17-21(32)13-14-28(20,2)25(22)18-26(33)29(23,24)3;/h19-26,32-33H,7-18H2,1-6H3;1H/t19-,20-,21-,22+,23-,24+,25+,26+,28+,29-;/m1./s1. The predicted molar refractivity (Wildman–Crippen MR) is 143 cm³/mol. The first-order valence-electron chi connectivity index (χ1n) is 14.2. The van der Waals surface area contributed by atoms with Gasteiger partial charge in [0, 0.05) is 0 Å². The first-order valence-corrected chi connectivity index (χ1v) is 14.2. The van der Waals surface area contributed by atoms with Gasteiger partial charge in [-0.3, -0.25) is 4.99 Å². The number of quaternary nitrogens is 1. The van der Waals surface area contributed by atoms with Crippen molar-refractivity contribution in [1.29, 1.82) is 0 Å². The van der Waals surface area contributed by atoms with E-state index in [2.05, 4.69) is 46.9 Å². The number of hydrogen-bond acceptors (Lipinski definition) is 4. The number of aliphatic imine (C=N–C) groups is 1. The third kappa shape index (κ3) is 5.59. The molecular formula is C29H53ClN2O3. The predicted octanol–water partition coefficient (Wildman–Crippen LogP) is 4.28. The molecule has 0 aromatic carbocycles. The van der Waals surface area contributed by atoms with Crippen molar-refractivity contribution < 1.29 is 19.8 Å². The summed E-state index contributed by atoms with van der Waals surface area (Å²) in [6.45, 7) is 8.69. The lowest BCUT2D eigenvalue weighted by Gasteiger charge is -2.62. The molecular weight excluding hydrogens is 460 g/mol. The SMILES string of the molecule is C[C@H](CCC([O-])=NCC[N+](C)(C)C)[C@H]1CC[C@H]2[C@@H]3CC[C@@H]4C[C@H](O)CC[C@]4(C)[C@H]3C[C@H](O)[C@]12C.Cl. The van der Waals surface area contributed by atoms with Crippen molar-refractivity contribution in [2.24, 2.45) is 51.3 Å². The highest BCUT2D eigenvalue weighted by Gasteiger charge is 2.63. The fourth-order valence-corrected chi connectivity index (χ4v) is 9.27. The molecule has 4 aliphatic carbocycles. The van der Waals surface area contributed by atoms with E-state index in [9.17, 15) is 15.3 Å². The molecule has 4 rings (SSSR count). The topological polar surface area (TPSA) is 75.9 Å². The molecule has 0 spiro atoms. The Bertz CT molecular complexity index is 755. The fourth-order valence-electron chi connectivity index (χ4n) is 9.27. The van der Waals surface area contributed by atoms with Crippen molar-refractivity contribution >= 4 is 18.3 Å². The lowest BCUT2D eigenvalue weighted by atomic mass is 9.43. The molecule has 0 saturated heterocycles. The lowest BCUT2D eigenvalue weighted by Crippen LogP contribution is -2.58. The fraction of sp³-hybridized carbons (Fsp3) is 0.966. The van der Waals surface area contributed by atoms with Crippen LogP contribution in [0.2, 0.25) is 0 Å². The second-order valence-electron chi connectivity index (χ2n) is 14.2. The molecule has 0 aromatic heterocycles. The van der Waals surface area contributed by atoms with E-state index in [1.165, 1.54) is 25.7 Å². The zero-order chi connectivity index (χ0) is 24.9. The first kappa shape index (κ1) is 29.2. The Morgan fingerprint density at radius 1 is 1.03 bits per heavy atom. The molecule has 4 aliphatic rings. The van der Waals surface area contributed by atoms with Crippen molar-refractivity contribution in [1.82, 2.24) is 0 Å². The Balaban J connectivity index is 0.00000342. The highest BCUT2D eigenvalue weighted by molar-refractivity contribution is 5.85. The minimum absolute atomic E-state index is 0. The number of rotatable bonds is 7. The maximum Gasteiger partial charge on any atom is 0.0978 e. The summed E-state index contributed by atoms with van der Waals surface area (Å²) in [5, 5.41) is 34.4. The smallest absolute Gasteiger partial charge is 0.0978 e. The van der Waals surface area contributed by atoms with Gasteiger partial charge >= 0.3 is 0 Å². The van der Waals surface area contributed by atoms with Gasteiger partial charge in [-0.05, 0) is 116 Å². The molecule has 4 fully saturated rings. The second-order valence-corrected chi connectivity index (χ2v) is 14.2. The van der Waals surface area contributed by atoms with Crippen LogP contribution in [-0.4, -0.2) is 67.0 Å². The highest BCUT2D eigenvalue weighted by atomic mass is 35.5. The Morgan fingerprint density at radius 2 is 1.74 bits per heavy atom. The number of nitrogens with zero attached hydrogens (tertiary/aromatic N) is 2. The summed E-state index contributed by atoms with van der Waals surface area (Å²) in [5.41, 5.74) is 0.260. The van der Waals surface area contributed by atoms with Crippen molar-refractivity contribution in [3.8, 4) is 0 Å². The van der Waals surface area contributed by atoms with Gasteiger partial charge < -0.3 is 19.8 Å². The lowest BCUT2D eigenvalue weighted by molar-refractivity contribution is -0.868. The van der Waals surface area contributed by atoms with Crippen LogP contribution in [0.4, 0.5) is 0 Å². The zero-order valence-electron chi connectivity index (χ0n) is 23.2. The third-order valence-electron chi connectivity index (χ3n) is 11.4. The largest absolute Gasteiger partial charge is 0.862 e. The van der Waals surface area contributed by atoms with Gasteiger partial charge in [0.15, 0.2) is 0 Å². The van der Waals surface area contributed by atoms with Crippen LogP contribution >= 0.6 is 12.4 Å². The second kappa shape index (κ2) is 10.8. The summed E-state index contributed by atoms with van der Waals surface area (Å²) in [5.74, 6) is 3.52. The van der Waals surface area contributed by atoms with Crippen molar-refractivity contribution in [3.05, 3.63) is 0 Å². The van der Waals surface area contributed by atoms with E-state index < -0.39 is 0 Å². The molecule has 0 radical (unpaired) electrons. The highest BCUT2D eigenvalue weighted by Crippen LogP contribution is 2.68. The van der Waals surface area contributed by atoms with Crippen LogP contribution in [-0.2, 0) is 0 Å². The Morgan fingerprint density at radius 3 is 2.43 bits per heavy atom. The van der Waals surface area contributed by atoms with E-state index in [4.69, 9.17) is 0 Å². The number of hydrogen-bond donors (Lipinski definition) is 2. The molecule has 2 N–H and O–H groups in total. The van der Waals surface area contributed by atoms with Gasteiger partial charge in [-0.25, -0.2) is 0 Å². The monoisotopic (exact) mass is 512 g/mol. The van der Waals surface area contributed by atoms with Gasteiger partial charge in [-0.1, -0.05) is 20.8 Å². The molecule has 0 bridgehead atoms.